The van der Waals surface area contributed by atoms with E-state index in [1.54, 1.807) is 35.5 Å². The normalized spacial score (nSPS) is 12.7. The number of nitrogens with one attached hydrogen (secondary N) is 1. The molecule has 0 unspecified atom stereocenters. The number of fused-ring (bicyclic) bond motifs is 1. The molecule has 1 aliphatic rings. The van der Waals surface area contributed by atoms with E-state index in [0.717, 1.165) is 22.5 Å². The molecule has 0 saturated carbocycles. The van der Waals surface area contributed by atoms with Crippen LogP contribution in [0.1, 0.15) is 53.9 Å². The van der Waals surface area contributed by atoms with Gasteiger partial charge in [-0.1, -0.05) is 55.9 Å². The van der Waals surface area contributed by atoms with E-state index in [1.165, 1.54) is 11.8 Å². The zero-order valence-electron chi connectivity index (χ0n) is 24.0. The Balaban J connectivity index is 1.49. The smallest absolute Gasteiger partial charge is 0.251 e. The summed E-state index contributed by atoms with van der Waals surface area (Å²) in [4.78, 5) is 42.9. The molecule has 0 bridgehead atoms. The van der Waals surface area contributed by atoms with Gasteiger partial charge in [-0.05, 0) is 60.7 Å². The van der Waals surface area contributed by atoms with E-state index in [-0.39, 0.29) is 30.9 Å². The maximum Gasteiger partial charge on any atom is 0.251 e. The molecule has 216 valence electrons. The highest BCUT2D eigenvalue weighted by atomic mass is 32.2. The zero-order chi connectivity index (χ0) is 29.6. The van der Waals surface area contributed by atoms with Crippen LogP contribution in [0.25, 0.3) is 0 Å². The maximum absolute atomic E-state index is 14.1. The first-order valence-electron chi connectivity index (χ1n) is 13.7. The van der Waals surface area contributed by atoms with Crippen molar-refractivity contribution in [3.05, 3.63) is 101 Å². The van der Waals surface area contributed by atoms with Crippen molar-refractivity contribution in [2.45, 2.75) is 51.4 Å². The van der Waals surface area contributed by atoms with Gasteiger partial charge < -0.3 is 19.7 Å². The van der Waals surface area contributed by atoms with Crippen LogP contribution < -0.4 is 14.8 Å². The summed E-state index contributed by atoms with van der Waals surface area (Å²) in [6.07, 6.45) is 3.38. The minimum Gasteiger partial charge on any atom is -0.454 e. The average Bonchev–Trinajstić information content (AvgIpc) is 3.44. The van der Waals surface area contributed by atoms with Gasteiger partial charge in [-0.25, -0.2) is 9.97 Å². The molecule has 2 aromatic carbocycles. The van der Waals surface area contributed by atoms with Crippen LogP contribution in [0.2, 0.25) is 0 Å². The number of rotatable bonds is 10. The van der Waals surface area contributed by atoms with Crippen molar-refractivity contribution in [3.8, 4) is 11.5 Å². The van der Waals surface area contributed by atoms with E-state index < -0.39 is 6.04 Å². The molecule has 0 fully saturated rings. The Morgan fingerprint density at radius 3 is 2.36 bits per heavy atom. The minimum atomic E-state index is -0.926. The molecule has 2 amide bonds. The van der Waals surface area contributed by atoms with Crippen molar-refractivity contribution in [3.63, 3.8) is 0 Å². The van der Waals surface area contributed by atoms with Gasteiger partial charge in [-0.3, -0.25) is 14.6 Å². The molecule has 0 saturated heterocycles. The number of hydrogen-bond donors (Lipinski definition) is 1. The summed E-state index contributed by atoms with van der Waals surface area (Å²) >= 11 is 1.25. The van der Waals surface area contributed by atoms with Crippen molar-refractivity contribution < 1.29 is 19.1 Å². The van der Waals surface area contributed by atoms with Crippen LogP contribution in [0.5, 0.6) is 11.5 Å². The van der Waals surface area contributed by atoms with Gasteiger partial charge in [-0.2, -0.15) is 0 Å². The molecule has 4 aromatic rings. The number of thioether (sulfide) groups is 1. The second kappa shape index (κ2) is 13.0. The van der Waals surface area contributed by atoms with E-state index in [2.05, 4.69) is 34.1 Å². The number of amides is 2. The molecule has 0 aliphatic carbocycles. The third-order valence-electron chi connectivity index (χ3n) is 6.80. The van der Waals surface area contributed by atoms with Crippen LogP contribution in [0.4, 0.5) is 5.69 Å². The Kier molecular flexibility index (Phi) is 9.02. The maximum atomic E-state index is 14.1. The van der Waals surface area contributed by atoms with Gasteiger partial charge in [-0.15, -0.1) is 0 Å². The minimum absolute atomic E-state index is 0.0566. The molecule has 1 aliphatic heterocycles. The molecule has 42 heavy (non-hydrogen) atoms. The monoisotopic (exact) mass is 583 g/mol. The number of benzene rings is 2. The van der Waals surface area contributed by atoms with Crippen molar-refractivity contribution in [1.29, 1.82) is 0 Å². The largest absolute Gasteiger partial charge is 0.454 e. The lowest BCUT2D eigenvalue weighted by Gasteiger charge is -2.31. The quantitative estimate of drug-likeness (QED) is 0.183. The number of aromatic nitrogens is 3. The molecule has 5 rings (SSSR count). The van der Waals surface area contributed by atoms with Crippen LogP contribution in [0.3, 0.4) is 0 Å². The number of pyridine rings is 1. The highest BCUT2D eigenvalue weighted by Gasteiger charge is 2.32. The lowest BCUT2D eigenvalue weighted by Crippen LogP contribution is -2.41. The average molecular weight is 584 g/mol. The number of aryl methyl sites for hydroxylation is 2. The van der Waals surface area contributed by atoms with Gasteiger partial charge in [0.1, 0.15) is 6.04 Å². The molecule has 1 N–H and O–H groups in total. The Morgan fingerprint density at radius 1 is 0.952 bits per heavy atom. The summed E-state index contributed by atoms with van der Waals surface area (Å²) in [5.41, 5.74) is 4.84. The number of anilines is 1. The Bertz CT molecular complexity index is 1540. The molecular weight excluding hydrogens is 550 g/mol. The lowest BCUT2D eigenvalue weighted by atomic mass is 9.97. The van der Waals surface area contributed by atoms with E-state index in [9.17, 15) is 9.59 Å². The van der Waals surface area contributed by atoms with Gasteiger partial charge in [0.25, 0.3) is 5.91 Å². The van der Waals surface area contributed by atoms with Crippen molar-refractivity contribution >= 4 is 29.3 Å². The highest BCUT2D eigenvalue weighted by molar-refractivity contribution is 7.99. The summed E-state index contributed by atoms with van der Waals surface area (Å²) in [6.45, 7) is 8.34. The van der Waals surface area contributed by atoms with Gasteiger partial charge >= 0.3 is 0 Å². The summed E-state index contributed by atoms with van der Waals surface area (Å²) in [7, 11) is 0. The lowest BCUT2D eigenvalue weighted by molar-refractivity contribution is -0.137. The molecule has 0 spiro atoms. The summed E-state index contributed by atoms with van der Waals surface area (Å²) in [6, 6.07) is 17.7. The third kappa shape index (κ3) is 7.06. The molecule has 0 radical (unpaired) electrons. The Hall–Kier alpha value is -4.44. The first-order valence-corrected chi connectivity index (χ1v) is 14.7. The van der Waals surface area contributed by atoms with E-state index >= 15 is 0 Å². The van der Waals surface area contributed by atoms with E-state index in [0.29, 0.717) is 33.8 Å². The number of carbonyl (C=O) groups is 2. The number of carbonyl (C=O) groups excluding carboxylic acids is 2. The van der Waals surface area contributed by atoms with E-state index in [4.69, 9.17) is 9.47 Å². The first-order chi connectivity index (χ1) is 20.3. The number of ether oxygens (including phenoxy) is 2. The van der Waals surface area contributed by atoms with Gasteiger partial charge in [0, 0.05) is 42.1 Å². The summed E-state index contributed by atoms with van der Waals surface area (Å²) in [5, 5.41) is 3.52. The van der Waals surface area contributed by atoms with Gasteiger partial charge in [0.15, 0.2) is 16.7 Å². The fraction of sp³-hybridized carbons (Fsp3) is 0.281. The van der Waals surface area contributed by atoms with Crippen LogP contribution in [-0.4, -0.2) is 44.2 Å². The number of nitrogens with zero attached hydrogens (tertiary/aromatic N) is 4. The molecule has 9 nitrogen and oxygen atoms in total. The molecule has 10 heteroatoms. The molecule has 2 aromatic heterocycles. The Morgan fingerprint density at radius 2 is 1.67 bits per heavy atom. The second-order valence-electron chi connectivity index (χ2n) is 10.4. The first kappa shape index (κ1) is 29.1. The predicted molar refractivity (Wildman–Crippen MR) is 161 cm³/mol. The molecular formula is C32H33N5O4S. The SMILES string of the molecule is Cc1cc(C)nc(SCC(=O)N(Cc2cccnc2)[C@H](C(=O)Nc2ccc3c(c2)OCO3)c2ccc(C(C)C)cc2)n1. The molecule has 1 atom stereocenters. The van der Waals surface area contributed by atoms with Crippen LogP contribution >= 0.6 is 11.8 Å². The highest BCUT2D eigenvalue weighted by Crippen LogP contribution is 2.35. The topological polar surface area (TPSA) is 107 Å². The Labute approximate surface area is 249 Å². The predicted octanol–water partition coefficient (Wildman–Crippen LogP) is 5.84. The van der Waals surface area contributed by atoms with E-state index in [1.807, 2.05) is 56.3 Å². The summed E-state index contributed by atoms with van der Waals surface area (Å²) < 4.78 is 10.9. The van der Waals surface area contributed by atoms with Gasteiger partial charge in [0.05, 0.1) is 5.75 Å². The third-order valence-corrected chi connectivity index (χ3v) is 7.63. The van der Waals surface area contributed by atoms with Crippen molar-refractivity contribution in [2.24, 2.45) is 0 Å². The summed E-state index contributed by atoms with van der Waals surface area (Å²) in [5.74, 6) is 0.969. The fourth-order valence-corrected chi connectivity index (χ4v) is 5.54. The van der Waals surface area contributed by atoms with Crippen LogP contribution in [0, 0.1) is 13.8 Å². The zero-order valence-corrected chi connectivity index (χ0v) is 24.9. The second-order valence-corrected chi connectivity index (χ2v) is 11.3. The standard InChI is InChI=1S/C32H33N5O4S/c1-20(2)24-7-9-25(10-8-24)30(31(39)36-26-11-12-27-28(15-26)41-19-40-27)37(17-23-6-5-13-33-16-23)29(38)18-42-32-34-21(3)14-22(4)35-32/h5-16,20,30H,17-19H2,1-4H3,(H,36,39)/t30-/m0/s1. The number of hydrogen-bond acceptors (Lipinski definition) is 8. The molecule has 3 heterocycles. The van der Waals surface area contributed by atoms with Crippen molar-refractivity contribution in [1.82, 2.24) is 19.9 Å². The van der Waals surface area contributed by atoms with Crippen molar-refractivity contribution in [2.75, 3.05) is 17.9 Å². The van der Waals surface area contributed by atoms with Crippen LogP contribution in [-0.2, 0) is 16.1 Å². The van der Waals surface area contributed by atoms with Gasteiger partial charge in [0.2, 0.25) is 12.7 Å². The van der Waals surface area contributed by atoms with Crippen LogP contribution in [0.15, 0.2) is 78.2 Å². The fourth-order valence-electron chi connectivity index (χ4n) is 4.70.